The molecule has 0 amide bonds. The Labute approximate surface area is 346 Å². The monoisotopic (exact) mass is 810 g/mol. The van der Waals surface area contributed by atoms with Crippen LogP contribution in [0.3, 0.4) is 0 Å². The fourth-order valence-corrected chi connectivity index (χ4v) is 7.51. The van der Waals surface area contributed by atoms with Gasteiger partial charge in [0, 0.05) is 35.6 Å². The first-order valence-corrected chi connectivity index (χ1v) is 20.6. The van der Waals surface area contributed by atoms with Crippen molar-refractivity contribution in [3.8, 4) is 33.8 Å². The molecular formula is C48H58O9S. The van der Waals surface area contributed by atoms with Crippen LogP contribution in [0.5, 0.6) is 11.5 Å². The van der Waals surface area contributed by atoms with E-state index in [1.165, 1.54) is 0 Å². The molecular weight excluding hydrogens is 753 g/mol. The lowest BCUT2D eigenvalue weighted by Crippen LogP contribution is -2.26. The second-order valence-electron chi connectivity index (χ2n) is 17.0. The van der Waals surface area contributed by atoms with Gasteiger partial charge in [0.2, 0.25) is 0 Å². The van der Waals surface area contributed by atoms with E-state index >= 15 is 0 Å². The molecule has 0 fully saturated rings. The zero-order chi connectivity index (χ0) is 43.3. The van der Waals surface area contributed by atoms with Gasteiger partial charge in [0.25, 0.3) is 0 Å². The van der Waals surface area contributed by atoms with Gasteiger partial charge in [-0.3, -0.25) is 9.59 Å². The molecule has 0 aliphatic rings. The number of furan rings is 1. The largest absolute Gasteiger partial charge is 0.468 e. The summed E-state index contributed by atoms with van der Waals surface area (Å²) in [5.74, 6) is 2.30. The van der Waals surface area contributed by atoms with Crippen LogP contribution in [0.1, 0.15) is 106 Å². The summed E-state index contributed by atoms with van der Waals surface area (Å²) < 4.78 is 28.0. The topological polar surface area (TPSA) is 126 Å². The lowest BCUT2D eigenvalue weighted by Gasteiger charge is -2.19. The Kier molecular flexibility index (Phi) is 14.7. The van der Waals surface area contributed by atoms with Crippen molar-refractivity contribution in [2.75, 3.05) is 5.75 Å². The molecule has 0 aliphatic carbocycles. The van der Waals surface area contributed by atoms with Gasteiger partial charge < -0.3 is 22.7 Å². The Morgan fingerprint density at radius 1 is 0.603 bits per heavy atom. The molecule has 0 bridgehead atoms. The van der Waals surface area contributed by atoms with Crippen LogP contribution in [0.4, 0.5) is 0 Å². The van der Waals surface area contributed by atoms with Gasteiger partial charge in [0.05, 0.1) is 17.1 Å². The number of aryl methyl sites for hydroxylation is 9. The number of hydrogen-bond acceptors (Lipinski definition) is 10. The van der Waals surface area contributed by atoms with Crippen molar-refractivity contribution in [2.24, 2.45) is 10.8 Å². The molecule has 0 radical (unpaired) electrons. The maximum Gasteiger partial charge on any atom is 0.347 e. The number of hydrogen-bond donors (Lipinski definition) is 0. The summed E-state index contributed by atoms with van der Waals surface area (Å²) in [6.45, 7) is 26.4. The third kappa shape index (κ3) is 11.3. The zero-order valence-corrected chi connectivity index (χ0v) is 37.3. The molecule has 10 heteroatoms. The van der Waals surface area contributed by atoms with E-state index in [4.69, 9.17) is 22.7 Å². The first-order chi connectivity index (χ1) is 27.0. The Morgan fingerprint density at radius 3 is 1.34 bits per heavy atom. The second kappa shape index (κ2) is 18.7. The van der Waals surface area contributed by atoms with E-state index in [1.54, 1.807) is 71.7 Å². The predicted molar refractivity (Wildman–Crippen MR) is 231 cm³/mol. The van der Waals surface area contributed by atoms with Crippen molar-refractivity contribution in [1.82, 2.24) is 0 Å². The van der Waals surface area contributed by atoms with E-state index in [0.29, 0.717) is 41.2 Å². The average molecular weight is 811 g/mol. The Hall–Kier alpha value is -5.09. The summed E-state index contributed by atoms with van der Waals surface area (Å²) >= 11 is 1.62. The molecule has 58 heavy (non-hydrogen) atoms. The van der Waals surface area contributed by atoms with Crippen molar-refractivity contribution in [1.29, 1.82) is 0 Å². The fraction of sp³-hybridized carbons (Fsp3) is 0.417. The minimum atomic E-state index is -0.709. The Balaban J connectivity index is 0.000000262. The SMILES string of the molecule is CCCc1cc(OC(=O)C(C)(C)C)c(-c2c(C)cc(C)cc2C)c(=O)o1.Cc1cc(C)c(-c2c(OC(=O)C(C)(C)C)cc(CCSc3ccoc3C)oc2=O)c(C)c1. The molecule has 5 aromatic rings. The van der Waals surface area contributed by atoms with Gasteiger partial charge in [-0.05, 0) is 136 Å². The molecule has 0 unspecified atom stereocenters. The van der Waals surface area contributed by atoms with E-state index in [1.807, 2.05) is 85.7 Å². The molecule has 5 rings (SSSR count). The number of carbonyl (C=O) groups excluding carboxylic acids is 2. The molecule has 0 atom stereocenters. The van der Waals surface area contributed by atoms with Gasteiger partial charge in [-0.25, -0.2) is 9.59 Å². The van der Waals surface area contributed by atoms with Crippen molar-refractivity contribution in [3.05, 3.63) is 120 Å². The number of ether oxygens (including phenoxy) is 2. The molecule has 0 saturated heterocycles. The van der Waals surface area contributed by atoms with Crippen molar-refractivity contribution >= 4 is 23.7 Å². The molecule has 310 valence electrons. The maximum absolute atomic E-state index is 13.1. The van der Waals surface area contributed by atoms with E-state index in [9.17, 15) is 19.2 Å². The first kappa shape index (κ1) is 45.6. The van der Waals surface area contributed by atoms with Gasteiger partial charge >= 0.3 is 23.2 Å². The summed E-state index contributed by atoms with van der Waals surface area (Å²) in [6.07, 6.45) is 3.61. The van der Waals surface area contributed by atoms with Gasteiger partial charge in [0.15, 0.2) is 0 Å². The number of esters is 2. The molecule has 0 aliphatic heterocycles. The van der Waals surface area contributed by atoms with Crippen LogP contribution in [0.25, 0.3) is 22.3 Å². The van der Waals surface area contributed by atoms with Crippen LogP contribution in [-0.4, -0.2) is 17.7 Å². The van der Waals surface area contributed by atoms with Gasteiger partial charge in [-0.1, -0.05) is 42.3 Å². The summed E-state index contributed by atoms with van der Waals surface area (Å²) in [4.78, 5) is 52.2. The van der Waals surface area contributed by atoms with Gasteiger partial charge in [0.1, 0.15) is 39.9 Å². The van der Waals surface area contributed by atoms with E-state index < -0.39 is 28.1 Å². The van der Waals surface area contributed by atoms with Crippen molar-refractivity contribution < 1.29 is 32.3 Å². The third-order valence-corrected chi connectivity index (χ3v) is 10.5. The highest BCUT2D eigenvalue weighted by Gasteiger charge is 2.29. The minimum Gasteiger partial charge on any atom is -0.468 e. The van der Waals surface area contributed by atoms with Gasteiger partial charge in [-0.15, -0.1) is 11.8 Å². The molecule has 9 nitrogen and oxygen atoms in total. The second-order valence-corrected chi connectivity index (χ2v) is 18.1. The number of rotatable bonds is 10. The summed E-state index contributed by atoms with van der Waals surface area (Å²) in [7, 11) is 0. The van der Waals surface area contributed by atoms with Crippen LogP contribution in [0.2, 0.25) is 0 Å². The lowest BCUT2D eigenvalue weighted by molar-refractivity contribution is -0.143. The smallest absolute Gasteiger partial charge is 0.347 e. The summed E-state index contributed by atoms with van der Waals surface area (Å²) in [5, 5.41) is 0. The number of thioether (sulfide) groups is 1. The van der Waals surface area contributed by atoms with Crippen LogP contribution < -0.4 is 20.7 Å². The molecule has 0 N–H and O–H groups in total. The average Bonchev–Trinajstić information content (AvgIpc) is 3.49. The summed E-state index contributed by atoms with van der Waals surface area (Å²) in [5.41, 5.74) is 5.75. The quantitative estimate of drug-likeness (QED) is 0.0993. The van der Waals surface area contributed by atoms with Crippen LogP contribution in [-0.2, 0) is 22.4 Å². The summed E-state index contributed by atoms with van der Waals surface area (Å²) in [6, 6.07) is 13.3. The number of benzene rings is 2. The van der Waals surface area contributed by atoms with Crippen molar-refractivity contribution in [2.45, 2.75) is 121 Å². The zero-order valence-electron chi connectivity index (χ0n) is 36.5. The minimum absolute atomic E-state index is 0.246. The predicted octanol–water partition coefficient (Wildman–Crippen LogP) is 11.6. The fourth-order valence-electron chi connectivity index (χ4n) is 6.58. The molecule has 3 heterocycles. The normalized spacial score (nSPS) is 11.6. The van der Waals surface area contributed by atoms with Crippen LogP contribution >= 0.6 is 11.8 Å². The molecule has 0 saturated carbocycles. The highest BCUT2D eigenvalue weighted by Crippen LogP contribution is 2.37. The van der Waals surface area contributed by atoms with Crippen LogP contribution in [0.15, 0.2) is 76.5 Å². The van der Waals surface area contributed by atoms with Gasteiger partial charge in [-0.2, -0.15) is 0 Å². The third-order valence-electron chi connectivity index (χ3n) is 9.33. The standard InChI is InChI=1S/C26H30O5S.C22H28O4/c1-15-12-16(2)22(17(3)13-15)23-20(31-25(28)26(5,6)7)14-19(30-24(23)27)9-11-32-21-8-10-29-18(21)4;1-8-9-16-12-17(26-21(24)22(5,6)7)19(20(23)25-16)18-14(3)10-13(2)11-15(18)4/h8,10,12-14H,9,11H2,1-7H3;10-12H,8-9H2,1-7H3. The maximum atomic E-state index is 13.1. The molecule has 0 spiro atoms. The highest BCUT2D eigenvalue weighted by molar-refractivity contribution is 7.99. The van der Waals surface area contributed by atoms with E-state index in [-0.39, 0.29) is 17.5 Å². The number of carbonyl (C=O) groups is 2. The lowest BCUT2D eigenvalue weighted by atomic mass is 9.93. The molecule has 2 aromatic carbocycles. The van der Waals surface area contributed by atoms with E-state index in [2.05, 4.69) is 0 Å². The highest BCUT2D eigenvalue weighted by atomic mass is 32.2. The Bertz CT molecular complexity index is 2370. The van der Waals surface area contributed by atoms with E-state index in [0.717, 1.165) is 61.6 Å². The van der Waals surface area contributed by atoms with Crippen LogP contribution in [0, 0.1) is 59.3 Å². The Morgan fingerprint density at radius 2 is 1.00 bits per heavy atom. The van der Waals surface area contributed by atoms with Crippen molar-refractivity contribution in [3.63, 3.8) is 0 Å². The first-order valence-electron chi connectivity index (χ1n) is 19.6. The molecule has 3 aromatic heterocycles.